The molecule has 102 valence electrons. The van der Waals surface area contributed by atoms with Gasteiger partial charge in [-0.25, -0.2) is 9.59 Å². The fourth-order valence-corrected chi connectivity index (χ4v) is 3.10. The van der Waals surface area contributed by atoms with Crippen LogP contribution in [-0.4, -0.2) is 40.6 Å². The molecule has 5 heteroatoms. The first kappa shape index (κ1) is 13.2. The standard InChI is InChI=1S/C13H22N2O3/c1-8(2)5-11(12(16)17)14-13(18)15-7-9-3-4-10(15)6-9/h8-11H,3-7H2,1-2H3,(H,14,18)(H,16,17). The predicted molar refractivity (Wildman–Crippen MR) is 67.2 cm³/mol. The smallest absolute Gasteiger partial charge is 0.326 e. The Morgan fingerprint density at radius 3 is 2.56 bits per heavy atom. The Bertz CT molecular complexity index is 343. The third-order valence-electron chi connectivity index (χ3n) is 3.97. The van der Waals surface area contributed by atoms with E-state index in [-0.39, 0.29) is 11.9 Å². The molecule has 3 unspecified atom stereocenters. The van der Waals surface area contributed by atoms with Crippen molar-refractivity contribution >= 4 is 12.0 Å². The van der Waals surface area contributed by atoms with Crippen molar-refractivity contribution in [3.63, 3.8) is 0 Å². The van der Waals surface area contributed by atoms with E-state index in [1.54, 1.807) is 0 Å². The van der Waals surface area contributed by atoms with Crippen molar-refractivity contribution in [2.75, 3.05) is 6.54 Å². The lowest BCUT2D eigenvalue weighted by Crippen LogP contribution is -2.50. The average Bonchev–Trinajstić information content (AvgIpc) is 2.88. The molecule has 2 aliphatic rings. The van der Waals surface area contributed by atoms with Crippen molar-refractivity contribution < 1.29 is 14.7 Å². The first-order valence-corrected chi connectivity index (χ1v) is 6.77. The van der Waals surface area contributed by atoms with Crippen molar-refractivity contribution in [1.29, 1.82) is 0 Å². The number of fused-ring (bicyclic) bond motifs is 2. The first-order valence-electron chi connectivity index (χ1n) is 6.77. The molecule has 2 N–H and O–H groups in total. The van der Waals surface area contributed by atoms with E-state index in [1.807, 2.05) is 18.7 Å². The van der Waals surface area contributed by atoms with Crippen molar-refractivity contribution in [2.24, 2.45) is 11.8 Å². The van der Waals surface area contributed by atoms with E-state index in [2.05, 4.69) is 5.32 Å². The molecule has 1 aliphatic carbocycles. The number of likely N-dealkylation sites (tertiary alicyclic amines) is 1. The molecule has 0 spiro atoms. The second kappa shape index (κ2) is 5.16. The second-order valence-corrected chi connectivity index (χ2v) is 5.96. The fraction of sp³-hybridized carbons (Fsp3) is 0.846. The summed E-state index contributed by atoms with van der Waals surface area (Å²) in [5.41, 5.74) is 0. The molecule has 5 nitrogen and oxygen atoms in total. The number of aliphatic carboxylic acids is 1. The zero-order valence-corrected chi connectivity index (χ0v) is 11.1. The summed E-state index contributed by atoms with van der Waals surface area (Å²) in [6.07, 6.45) is 3.85. The summed E-state index contributed by atoms with van der Waals surface area (Å²) in [7, 11) is 0. The van der Waals surface area contributed by atoms with Crippen LogP contribution in [0.5, 0.6) is 0 Å². The van der Waals surface area contributed by atoms with Gasteiger partial charge in [-0.05, 0) is 37.5 Å². The highest BCUT2D eigenvalue weighted by Crippen LogP contribution is 2.37. The number of hydrogen-bond acceptors (Lipinski definition) is 2. The van der Waals surface area contributed by atoms with Crippen LogP contribution in [0, 0.1) is 11.8 Å². The predicted octanol–water partition coefficient (Wildman–Crippen LogP) is 1.68. The monoisotopic (exact) mass is 254 g/mol. The fourth-order valence-electron chi connectivity index (χ4n) is 3.10. The maximum atomic E-state index is 12.1. The van der Waals surface area contributed by atoms with Gasteiger partial charge in [0.1, 0.15) is 6.04 Å². The number of carbonyl (C=O) groups is 2. The maximum absolute atomic E-state index is 12.1. The highest BCUT2D eigenvalue weighted by molar-refractivity contribution is 5.83. The van der Waals surface area contributed by atoms with Gasteiger partial charge >= 0.3 is 12.0 Å². The molecule has 3 atom stereocenters. The van der Waals surface area contributed by atoms with Gasteiger partial charge in [-0.15, -0.1) is 0 Å². The third kappa shape index (κ3) is 2.76. The van der Waals surface area contributed by atoms with E-state index in [0.29, 0.717) is 18.4 Å². The number of rotatable bonds is 4. The SMILES string of the molecule is CC(C)CC(NC(=O)N1CC2CCC1C2)C(=O)O. The quantitative estimate of drug-likeness (QED) is 0.802. The van der Waals surface area contributed by atoms with Crippen molar-refractivity contribution in [3.05, 3.63) is 0 Å². The Kier molecular flexibility index (Phi) is 3.78. The van der Waals surface area contributed by atoms with Crippen molar-refractivity contribution in [1.82, 2.24) is 10.2 Å². The van der Waals surface area contributed by atoms with Crippen LogP contribution in [0.15, 0.2) is 0 Å². The summed E-state index contributed by atoms with van der Waals surface area (Å²) in [4.78, 5) is 25.0. The number of carboxylic acids is 1. The molecule has 1 saturated heterocycles. The number of hydrogen-bond donors (Lipinski definition) is 2. The largest absolute Gasteiger partial charge is 0.480 e. The molecular weight excluding hydrogens is 232 g/mol. The lowest BCUT2D eigenvalue weighted by atomic mass is 10.0. The molecule has 18 heavy (non-hydrogen) atoms. The minimum Gasteiger partial charge on any atom is -0.480 e. The van der Waals surface area contributed by atoms with Gasteiger partial charge in [0.25, 0.3) is 0 Å². The zero-order valence-electron chi connectivity index (χ0n) is 11.1. The molecule has 0 radical (unpaired) electrons. The first-order chi connectivity index (χ1) is 8.47. The molecule has 2 fully saturated rings. The van der Waals surface area contributed by atoms with E-state index in [9.17, 15) is 9.59 Å². The van der Waals surface area contributed by atoms with E-state index < -0.39 is 12.0 Å². The summed E-state index contributed by atoms with van der Waals surface area (Å²) in [6, 6.07) is -0.629. The van der Waals surface area contributed by atoms with Gasteiger partial charge in [0.2, 0.25) is 0 Å². The summed E-state index contributed by atoms with van der Waals surface area (Å²) in [5.74, 6) is -0.0584. The Balaban J connectivity index is 1.91. The number of urea groups is 1. The number of carbonyl (C=O) groups excluding carboxylic acids is 1. The Morgan fingerprint density at radius 1 is 1.39 bits per heavy atom. The lowest BCUT2D eigenvalue weighted by Gasteiger charge is -2.29. The van der Waals surface area contributed by atoms with Crippen LogP contribution in [0.4, 0.5) is 4.79 Å². The minimum absolute atomic E-state index is 0.199. The average molecular weight is 254 g/mol. The van der Waals surface area contributed by atoms with Gasteiger partial charge in [0.15, 0.2) is 0 Å². The van der Waals surface area contributed by atoms with E-state index in [4.69, 9.17) is 5.11 Å². The summed E-state index contributed by atoms with van der Waals surface area (Å²) < 4.78 is 0. The number of carboxylic acid groups (broad SMARTS) is 1. The molecule has 0 aromatic rings. The van der Waals surface area contributed by atoms with Crippen LogP contribution in [0.2, 0.25) is 0 Å². The lowest BCUT2D eigenvalue weighted by molar-refractivity contribution is -0.139. The summed E-state index contributed by atoms with van der Waals surface area (Å²) in [6.45, 7) is 4.71. The van der Waals surface area contributed by atoms with Gasteiger partial charge < -0.3 is 15.3 Å². The molecule has 1 aliphatic heterocycles. The van der Waals surface area contributed by atoms with Gasteiger partial charge in [0.05, 0.1) is 0 Å². The second-order valence-electron chi connectivity index (χ2n) is 5.96. The number of amides is 2. The molecule has 1 heterocycles. The molecular formula is C13H22N2O3. The molecule has 0 aromatic carbocycles. The Morgan fingerprint density at radius 2 is 2.11 bits per heavy atom. The normalized spacial score (nSPS) is 27.6. The summed E-state index contributed by atoms with van der Waals surface area (Å²) >= 11 is 0. The molecule has 0 aromatic heterocycles. The third-order valence-corrected chi connectivity index (χ3v) is 3.97. The van der Waals surface area contributed by atoms with Gasteiger partial charge in [-0.3, -0.25) is 0 Å². The maximum Gasteiger partial charge on any atom is 0.326 e. The van der Waals surface area contributed by atoms with Crippen LogP contribution in [-0.2, 0) is 4.79 Å². The van der Waals surface area contributed by atoms with Crippen LogP contribution in [0.1, 0.15) is 39.5 Å². The van der Waals surface area contributed by atoms with E-state index in [1.165, 1.54) is 6.42 Å². The van der Waals surface area contributed by atoms with E-state index in [0.717, 1.165) is 19.4 Å². The van der Waals surface area contributed by atoms with Gasteiger partial charge in [0, 0.05) is 12.6 Å². The van der Waals surface area contributed by atoms with Crippen LogP contribution < -0.4 is 5.32 Å². The van der Waals surface area contributed by atoms with Crippen molar-refractivity contribution in [3.8, 4) is 0 Å². The highest BCUT2D eigenvalue weighted by atomic mass is 16.4. The molecule has 2 amide bonds. The number of piperidine rings is 1. The van der Waals surface area contributed by atoms with Crippen LogP contribution in [0.3, 0.4) is 0 Å². The van der Waals surface area contributed by atoms with Crippen LogP contribution >= 0.6 is 0 Å². The number of nitrogens with one attached hydrogen (secondary N) is 1. The zero-order chi connectivity index (χ0) is 13.3. The van der Waals surface area contributed by atoms with Crippen molar-refractivity contribution in [2.45, 2.75) is 51.6 Å². The molecule has 2 bridgehead atoms. The van der Waals surface area contributed by atoms with E-state index >= 15 is 0 Å². The Labute approximate surface area is 108 Å². The van der Waals surface area contributed by atoms with Gasteiger partial charge in [-0.2, -0.15) is 0 Å². The molecule has 2 rings (SSSR count). The number of nitrogens with zero attached hydrogens (tertiary/aromatic N) is 1. The van der Waals surface area contributed by atoms with Gasteiger partial charge in [-0.1, -0.05) is 13.8 Å². The Hall–Kier alpha value is -1.26. The topological polar surface area (TPSA) is 69.6 Å². The molecule has 1 saturated carbocycles. The minimum atomic E-state index is -0.943. The highest BCUT2D eigenvalue weighted by Gasteiger charge is 2.41. The summed E-state index contributed by atoms with van der Waals surface area (Å²) in [5, 5.41) is 11.8. The van der Waals surface area contributed by atoms with Crippen LogP contribution in [0.25, 0.3) is 0 Å².